The van der Waals surface area contributed by atoms with E-state index in [0.717, 1.165) is 12.1 Å². The van der Waals surface area contributed by atoms with Gasteiger partial charge in [-0.2, -0.15) is 0 Å². The van der Waals surface area contributed by atoms with Crippen molar-refractivity contribution < 1.29 is 8.42 Å². The standard InChI is InChI=1S/C12H20N2O2S/c1-10-6-7-14-12(9-10)11(13-2)5-4-8-17(3,15)16/h6-7,9,11,13H,4-5,8H2,1-3H3. The normalized spacial score (nSPS) is 13.6. The van der Waals surface area contributed by atoms with Gasteiger partial charge in [0.2, 0.25) is 0 Å². The summed E-state index contributed by atoms with van der Waals surface area (Å²) in [5.41, 5.74) is 2.14. The molecule has 1 unspecified atom stereocenters. The van der Waals surface area contributed by atoms with E-state index in [9.17, 15) is 8.42 Å². The zero-order valence-corrected chi connectivity index (χ0v) is 11.4. The predicted molar refractivity (Wildman–Crippen MR) is 69.7 cm³/mol. The minimum atomic E-state index is -2.87. The highest BCUT2D eigenvalue weighted by atomic mass is 32.2. The van der Waals surface area contributed by atoms with Gasteiger partial charge in [0.05, 0.1) is 5.69 Å². The Hall–Kier alpha value is -0.940. The molecule has 1 heterocycles. The second kappa shape index (κ2) is 6.12. The summed E-state index contributed by atoms with van der Waals surface area (Å²) in [6, 6.07) is 4.10. The average Bonchev–Trinajstić information content (AvgIpc) is 2.23. The first-order valence-electron chi connectivity index (χ1n) is 5.70. The molecule has 1 N–H and O–H groups in total. The number of nitrogens with one attached hydrogen (secondary N) is 1. The third kappa shape index (κ3) is 5.28. The summed E-state index contributed by atoms with van der Waals surface area (Å²) in [4.78, 5) is 4.31. The molecule has 1 atom stereocenters. The Morgan fingerprint density at radius 3 is 2.71 bits per heavy atom. The van der Waals surface area contributed by atoms with Crippen molar-refractivity contribution in [1.29, 1.82) is 0 Å². The summed E-state index contributed by atoms with van der Waals surface area (Å²) in [6.45, 7) is 2.02. The Balaban J connectivity index is 2.60. The number of rotatable bonds is 6. The molecular formula is C12H20N2O2S. The molecular weight excluding hydrogens is 236 g/mol. The van der Waals surface area contributed by atoms with Gasteiger partial charge >= 0.3 is 0 Å². The minimum Gasteiger partial charge on any atom is -0.312 e. The topological polar surface area (TPSA) is 59.1 Å². The number of pyridine rings is 1. The zero-order chi connectivity index (χ0) is 12.9. The van der Waals surface area contributed by atoms with Crippen molar-refractivity contribution in [2.75, 3.05) is 19.1 Å². The van der Waals surface area contributed by atoms with Gasteiger partial charge < -0.3 is 5.32 Å². The first kappa shape index (κ1) is 14.1. The Kier molecular flexibility index (Phi) is 5.08. The Morgan fingerprint density at radius 2 is 2.18 bits per heavy atom. The molecule has 1 aromatic heterocycles. The number of nitrogens with zero attached hydrogens (tertiary/aromatic N) is 1. The van der Waals surface area contributed by atoms with Crippen LogP contribution in [0.3, 0.4) is 0 Å². The number of aromatic nitrogens is 1. The molecule has 0 spiro atoms. The molecule has 0 amide bonds. The summed E-state index contributed by atoms with van der Waals surface area (Å²) in [7, 11) is -0.996. The van der Waals surface area contributed by atoms with Crippen molar-refractivity contribution in [3.8, 4) is 0 Å². The van der Waals surface area contributed by atoms with Gasteiger partial charge in [-0.15, -0.1) is 0 Å². The lowest BCUT2D eigenvalue weighted by atomic mass is 10.1. The van der Waals surface area contributed by atoms with Crippen LogP contribution >= 0.6 is 0 Å². The van der Waals surface area contributed by atoms with Gasteiger partial charge in [-0.05, 0) is 44.5 Å². The van der Waals surface area contributed by atoms with E-state index in [0.29, 0.717) is 6.42 Å². The monoisotopic (exact) mass is 256 g/mol. The van der Waals surface area contributed by atoms with Gasteiger partial charge in [-0.3, -0.25) is 4.98 Å². The lowest BCUT2D eigenvalue weighted by molar-refractivity contribution is 0.524. The van der Waals surface area contributed by atoms with Crippen LogP contribution < -0.4 is 5.32 Å². The van der Waals surface area contributed by atoms with E-state index < -0.39 is 9.84 Å². The highest BCUT2D eigenvalue weighted by molar-refractivity contribution is 7.90. The Labute approximate surface area is 103 Å². The lowest BCUT2D eigenvalue weighted by Crippen LogP contribution is -2.18. The average molecular weight is 256 g/mol. The maximum atomic E-state index is 11.1. The quantitative estimate of drug-likeness (QED) is 0.837. The first-order valence-corrected chi connectivity index (χ1v) is 7.76. The third-order valence-electron chi connectivity index (χ3n) is 2.65. The van der Waals surface area contributed by atoms with Crippen molar-refractivity contribution >= 4 is 9.84 Å². The minimum absolute atomic E-state index is 0.122. The van der Waals surface area contributed by atoms with Gasteiger partial charge in [-0.25, -0.2) is 8.42 Å². The summed E-state index contributed by atoms with van der Waals surface area (Å²) in [5, 5.41) is 3.17. The molecule has 0 fully saturated rings. The Morgan fingerprint density at radius 1 is 1.47 bits per heavy atom. The van der Waals surface area contributed by atoms with E-state index in [1.807, 2.05) is 26.1 Å². The van der Waals surface area contributed by atoms with Gasteiger partial charge in [0, 0.05) is 24.2 Å². The molecule has 96 valence electrons. The van der Waals surface area contributed by atoms with Crippen molar-refractivity contribution in [3.05, 3.63) is 29.6 Å². The molecule has 0 aliphatic rings. The number of hydrogen-bond donors (Lipinski definition) is 1. The first-order chi connectivity index (χ1) is 7.92. The highest BCUT2D eigenvalue weighted by Gasteiger charge is 2.12. The molecule has 0 saturated carbocycles. The summed E-state index contributed by atoms with van der Waals surface area (Å²) in [5.74, 6) is 0.233. The van der Waals surface area contributed by atoms with Crippen molar-refractivity contribution in [1.82, 2.24) is 10.3 Å². The number of sulfone groups is 1. The molecule has 0 aromatic carbocycles. The molecule has 1 aromatic rings. The van der Waals surface area contributed by atoms with Gasteiger partial charge in [0.1, 0.15) is 9.84 Å². The molecule has 5 heteroatoms. The summed E-state index contributed by atoms with van der Waals surface area (Å²) >= 11 is 0. The van der Waals surface area contributed by atoms with Gasteiger partial charge in [-0.1, -0.05) is 0 Å². The molecule has 0 aliphatic heterocycles. The van der Waals surface area contributed by atoms with E-state index in [4.69, 9.17) is 0 Å². The van der Waals surface area contributed by atoms with Crippen LogP contribution in [0.4, 0.5) is 0 Å². The summed E-state index contributed by atoms with van der Waals surface area (Å²) < 4.78 is 22.1. The van der Waals surface area contributed by atoms with Crippen molar-refractivity contribution in [3.63, 3.8) is 0 Å². The van der Waals surface area contributed by atoms with E-state index in [2.05, 4.69) is 10.3 Å². The van der Waals surface area contributed by atoms with Crippen molar-refractivity contribution in [2.24, 2.45) is 0 Å². The molecule has 0 bridgehead atoms. The van der Waals surface area contributed by atoms with Gasteiger partial charge in [0.25, 0.3) is 0 Å². The maximum Gasteiger partial charge on any atom is 0.147 e. The van der Waals surface area contributed by atoms with Crippen LogP contribution in [0.1, 0.15) is 30.1 Å². The van der Waals surface area contributed by atoms with Crippen LogP contribution in [-0.4, -0.2) is 32.5 Å². The molecule has 4 nitrogen and oxygen atoms in total. The lowest BCUT2D eigenvalue weighted by Gasteiger charge is -2.15. The smallest absolute Gasteiger partial charge is 0.147 e. The highest BCUT2D eigenvalue weighted by Crippen LogP contribution is 2.17. The fourth-order valence-corrected chi connectivity index (χ4v) is 2.43. The van der Waals surface area contributed by atoms with Crippen LogP contribution in [-0.2, 0) is 9.84 Å². The fraction of sp³-hybridized carbons (Fsp3) is 0.583. The van der Waals surface area contributed by atoms with Crippen LogP contribution in [0.2, 0.25) is 0 Å². The van der Waals surface area contributed by atoms with E-state index in [-0.39, 0.29) is 11.8 Å². The molecule has 1 rings (SSSR count). The second-order valence-electron chi connectivity index (χ2n) is 4.37. The molecule has 0 radical (unpaired) electrons. The number of aryl methyl sites for hydroxylation is 1. The molecule has 17 heavy (non-hydrogen) atoms. The van der Waals surface area contributed by atoms with Crippen molar-refractivity contribution in [2.45, 2.75) is 25.8 Å². The predicted octanol–water partition coefficient (Wildman–Crippen LogP) is 1.48. The van der Waals surface area contributed by atoms with E-state index >= 15 is 0 Å². The number of hydrogen-bond acceptors (Lipinski definition) is 4. The fourth-order valence-electron chi connectivity index (χ4n) is 1.74. The SMILES string of the molecule is CNC(CCCS(C)(=O)=O)c1cc(C)ccn1. The maximum absolute atomic E-state index is 11.1. The van der Waals surface area contributed by atoms with Crippen LogP contribution in [0, 0.1) is 6.92 Å². The van der Waals surface area contributed by atoms with E-state index in [1.54, 1.807) is 6.20 Å². The zero-order valence-electron chi connectivity index (χ0n) is 10.6. The second-order valence-corrected chi connectivity index (χ2v) is 6.63. The Bertz CT molecular complexity index is 457. The molecule has 0 saturated heterocycles. The van der Waals surface area contributed by atoms with Gasteiger partial charge in [0.15, 0.2) is 0 Å². The third-order valence-corrected chi connectivity index (χ3v) is 3.68. The van der Waals surface area contributed by atoms with Crippen LogP contribution in [0.5, 0.6) is 0 Å². The van der Waals surface area contributed by atoms with E-state index in [1.165, 1.54) is 11.8 Å². The molecule has 0 aliphatic carbocycles. The van der Waals surface area contributed by atoms with Crippen LogP contribution in [0.25, 0.3) is 0 Å². The largest absolute Gasteiger partial charge is 0.312 e. The summed E-state index contributed by atoms with van der Waals surface area (Å²) in [6.07, 6.45) is 4.48. The van der Waals surface area contributed by atoms with Crippen LogP contribution in [0.15, 0.2) is 18.3 Å².